The van der Waals surface area contributed by atoms with Gasteiger partial charge in [-0.1, -0.05) is 52.5 Å². The summed E-state index contributed by atoms with van der Waals surface area (Å²) in [5.74, 6) is 0.768. The summed E-state index contributed by atoms with van der Waals surface area (Å²) in [5.41, 5.74) is 0.697. The summed E-state index contributed by atoms with van der Waals surface area (Å²) < 4.78 is 5.62. The van der Waals surface area contributed by atoms with Crippen molar-refractivity contribution in [1.29, 1.82) is 0 Å². The number of hydrogen-bond donors (Lipinski definition) is 1. The van der Waals surface area contributed by atoms with E-state index in [1.807, 2.05) is 0 Å². The molecular formula is C14H10Cl4O2. The monoisotopic (exact) mass is 350 g/mol. The van der Waals surface area contributed by atoms with E-state index in [0.29, 0.717) is 37.2 Å². The van der Waals surface area contributed by atoms with E-state index < -0.39 is 6.10 Å². The maximum atomic E-state index is 9.49. The first-order chi connectivity index (χ1) is 9.38. The molecule has 0 aliphatic heterocycles. The Balaban J connectivity index is 2.33. The van der Waals surface area contributed by atoms with Gasteiger partial charge in [0, 0.05) is 6.07 Å². The molecule has 0 saturated carbocycles. The minimum absolute atomic E-state index is 0.329. The normalized spacial score (nSPS) is 12.3. The molecule has 0 saturated heterocycles. The average molecular weight is 352 g/mol. The van der Waals surface area contributed by atoms with Crippen molar-refractivity contribution in [3.8, 4) is 11.5 Å². The highest BCUT2D eigenvalue weighted by Gasteiger charge is 2.11. The fourth-order valence-corrected chi connectivity index (χ4v) is 2.36. The van der Waals surface area contributed by atoms with Crippen LogP contribution in [0.4, 0.5) is 0 Å². The lowest BCUT2D eigenvalue weighted by Gasteiger charge is -2.12. The molecule has 1 N–H and O–H groups in total. The summed E-state index contributed by atoms with van der Waals surface area (Å²) >= 11 is 23.9. The van der Waals surface area contributed by atoms with Crippen LogP contribution in [0.1, 0.15) is 18.6 Å². The zero-order chi connectivity index (χ0) is 14.9. The first kappa shape index (κ1) is 15.7. The molecule has 2 aromatic carbocycles. The molecule has 0 spiro atoms. The standard InChI is InChI=1S/C14H10Cl4O2/c1-7(19)8-2-3-13(11(17)4-8)20-14-6-10(16)9(15)5-12(14)18/h2-7,19H,1H3. The summed E-state index contributed by atoms with van der Waals surface area (Å²) in [6.07, 6.45) is -0.602. The molecule has 0 bridgehead atoms. The molecule has 0 aliphatic carbocycles. The highest BCUT2D eigenvalue weighted by molar-refractivity contribution is 6.43. The molecule has 0 amide bonds. The van der Waals surface area contributed by atoms with Crippen LogP contribution in [0.3, 0.4) is 0 Å². The summed E-state index contributed by atoms with van der Waals surface area (Å²) in [5, 5.41) is 10.9. The summed E-state index contributed by atoms with van der Waals surface area (Å²) in [7, 11) is 0. The molecular weight excluding hydrogens is 342 g/mol. The second-order valence-electron chi connectivity index (χ2n) is 4.16. The van der Waals surface area contributed by atoms with Gasteiger partial charge in [-0.05, 0) is 30.7 Å². The highest BCUT2D eigenvalue weighted by Crippen LogP contribution is 2.38. The van der Waals surface area contributed by atoms with Crippen LogP contribution >= 0.6 is 46.4 Å². The molecule has 2 aromatic rings. The van der Waals surface area contributed by atoms with Gasteiger partial charge in [0.2, 0.25) is 0 Å². The number of halogens is 4. The second kappa shape index (κ2) is 6.42. The first-order valence-electron chi connectivity index (χ1n) is 5.68. The van der Waals surface area contributed by atoms with Gasteiger partial charge >= 0.3 is 0 Å². The van der Waals surface area contributed by atoms with Gasteiger partial charge in [-0.25, -0.2) is 0 Å². The third-order valence-electron chi connectivity index (χ3n) is 2.63. The van der Waals surface area contributed by atoms with E-state index in [4.69, 9.17) is 51.1 Å². The number of aliphatic hydroxyl groups is 1. The Hall–Kier alpha value is -0.640. The largest absolute Gasteiger partial charge is 0.454 e. The average Bonchev–Trinajstić information content (AvgIpc) is 2.37. The van der Waals surface area contributed by atoms with Crippen LogP contribution in [-0.2, 0) is 0 Å². The van der Waals surface area contributed by atoms with Crippen LogP contribution in [0.2, 0.25) is 20.1 Å². The Morgan fingerprint density at radius 1 is 0.850 bits per heavy atom. The van der Waals surface area contributed by atoms with Gasteiger partial charge in [-0.15, -0.1) is 0 Å². The highest BCUT2D eigenvalue weighted by atomic mass is 35.5. The van der Waals surface area contributed by atoms with E-state index in [-0.39, 0.29) is 0 Å². The zero-order valence-electron chi connectivity index (χ0n) is 10.3. The second-order valence-corrected chi connectivity index (χ2v) is 5.79. The van der Waals surface area contributed by atoms with E-state index in [1.54, 1.807) is 25.1 Å². The van der Waals surface area contributed by atoms with Crippen LogP contribution < -0.4 is 4.74 Å². The van der Waals surface area contributed by atoms with Crippen molar-refractivity contribution in [3.05, 3.63) is 56.0 Å². The van der Waals surface area contributed by atoms with Crippen LogP contribution in [0.15, 0.2) is 30.3 Å². The molecule has 1 unspecified atom stereocenters. The summed E-state index contributed by atoms with van der Waals surface area (Å²) in [6.45, 7) is 1.65. The molecule has 6 heteroatoms. The smallest absolute Gasteiger partial charge is 0.147 e. The van der Waals surface area contributed by atoms with Gasteiger partial charge in [-0.3, -0.25) is 0 Å². The van der Waals surface area contributed by atoms with Crippen LogP contribution in [0.5, 0.6) is 11.5 Å². The molecule has 20 heavy (non-hydrogen) atoms. The molecule has 0 aliphatic rings. The summed E-state index contributed by atoms with van der Waals surface area (Å²) in [4.78, 5) is 0. The van der Waals surface area contributed by atoms with Gasteiger partial charge < -0.3 is 9.84 Å². The molecule has 1 atom stereocenters. The van der Waals surface area contributed by atoms with E-state index in [0.717, 1.165) is 0 Å². The van der Waals surface area contributed by atoms with Crippen LogP contribution in [0, 0.1) is 0 Å². The number of aliphatic hydroxyl groups excluding tert-OH is 1. The Morgan fingerprint density at radius 3 is 2.05 bits per heavy atom. The topological polar surface area (TPSA) is 29.5 Å². The van der Waals surface area contributed by atoms with E-state index in [1.165, 1.54) is 12.1 Å². The fraction of sp³-hybridized carbons (Fsp3) is 0.143. The predicted molar refractivity (Wildman–Crippen MR) is 83.6 cm³/mol. The van der Waals surface area contributed by atoms with Gasteiger partial charge in [0.15, 0.2) is 0 Å². The van der Waals surface area contributed by atoms with Crippen molar-refractivity contribution in [2.45, 2.75) is 13.0 Å². The number of benzene rings is 2. The van der Waals surface area contributed by atoms with Crippen molar-refractivity contribution in [3.63, 3.8) is 0 Å². The van der Waals surface area contributed by atoms with Gasteiger partial charge in [0.1, 0.15) is 11.5 Å². The minimum Gasteiger partial charge on any atom is -0.454 e. The molecule has 0 fully saturated rings. The fourth-order valence-electron chi connectivity index (χ4n) is 1.56. The molecule has 0 aromatic heterocycles. The lowest BCUT2D eigenvalue weighted by atomic mass is 10.1. The maximum Gasteiger partial charge on any atom is 0.147 e. The molecule has 106 valence electrons. The number of ether oxygens (including phenoxy) is 1. The van der Waals surface area contributed by atoms with E-state index in [2.05, 4.69) is 0 Å². The Morgan fingerprint density at radius 2 is 1.45 bits per heavy atom. The van der Waals surface area contributed by atoms with E-state index >= 15 is 0 Å². The Labute approximate surface area is 136 Å². The summed E-state index contributed by atoms with van der Waals surface area (Å²) in [6, 6.07) is 8.03. The van der Waals surface area contributed by atoms with Crippen molar-refractivity contribution in [1.82, 2.24) is 0 Å². The van der Waals surface area contributed by atoms with Crippen molar-refractivity contribution in [2.75, 3.05) is 0 Å². The van der Waals surface area contributed by atoms with Crippen molar-refractivity contribution >= 4 is 46.4 Å². The minimum atomic E-state index is -0.602. The first-order valence-corrected chi connectivity index (χ1v) is 7.19. The predicted octanol–water partition coefficient (Wildman–Crippen LogP) is 6.15. The lowest BCUT2D eigenvalue weighted by molar-refractivity contribution is 0.199. The number of hydrogen-bond acceptors (Lipinski definition) is 2. The van der Waals surface area contributed by atoms with E-state index in [9.17, 15) is 5.11 Å². The van der Waals surface area contributed by atoms with Crippen molar-refractivity contribution in [2.24, 2.45) is 0 Å². The zero-order valence-corrected chi connectivity index (χ0v) is 13.4. The maximum absolute atomic E-state index is 9.49. The van der Waals surface area contributed by atoms with Crippen LogP contribution in [-0.4, -0.2) is 5.11 Å². The molecule has 0 heterocycles. The number of rotatable bonds is 3. The van der Waals surface area contributed by atoms with Gasteiger partial charge in [-0.2, -0.15) is 0 Å². The third kappa shape index (κ3) is 3.51. The SMILES string of the molecule is CC(O)c1ccc(Oc2cc(Cl)c(Cl)cc2Cl)c(Cl)c1. The van der Waals surface area contributed by atoms with Crippen LogP contribution in [0.25, 0.3) is 0 Å². The third-order valence-corrected chi connectivity index (χ3v) is 3.95. The lowest BCUT2D eigenvalue weighted by Crippen LogP contribution is -1.92. The molecule has 2 rings (SSSR count). The van der Waals surface area contributed by atoms with Gasteiger partial charge in [0.25, 0.3) is 0 Å². The molecule has 0 radical (unpaired) electrons. The van der Waals surface area contributed by atoms with Crippen molar-refractivity contribution < 1.29 is 9.84 Å². The quantitative estimate of drug-likeness (QED) is 0.672. The molecule has 2 nitrogen and oxygen atoms in total. The Kier molecular flexibility index (Phi) is 5.05. The van der Waals surface area contributed by atoms with Gasteiger partial charge in [0.05, 0.1) is 26.2 Å². The Bertz CT molecular complexity index is 641.